The summed E-state index contributed by atoms with van der Waals surface area (Å²) in [5.74, 6) is -2.13. The number of carbonyl (C=O) groups is 1. The van der Waals surface area contributed by atoms with E-state index in [1.165, 1.54) is 0 Å². The molecule has 1 radical (unpaired) electrons. The van der Waals surface area contributed by atoms with Gasteiger partial charge in [0.05, 0.1) is 11.2 Å². The van der Waals surface area contributed by atoms with Crippen molar-refractivity contribution in [1.29, 1.82) is 0 Å². The predicted molar refractivity (Wildman–Crippen MR) is 44.6 cm³/mol. The summed E-state index contributed by atoms with van der Waals surface area (Å²) >= 11 is 0. The molecule has 0 aromatic rings. The molecule has 2 atom stereocenters. The van der Waals surface area contributed by atoms with Crippen LogP contribution >= 0.6 is 0 Å². The second-order valence-corrected chi connectivity index (χ2v) is 4.74. The molecule has 1 aliphatic carbocycles. The Hall–Kier alpha value is -0.620. The third kappa shape index (κ3) is 2.41. The van der Waals surface area contributed by atoms with Crippen molar-refractivity contribution in [2.45, 2.75) is 24.5 Å². The highest BCUT2D eigenvalue weighted by atomic mass is 32.2. The van der Waals surface area contributed by atoms with Crippen molar-refractivity contribution in [1.82, 2.24) is 0 Å². The van der Waals surface area contributed by atoms with Crippen molar-refractivity contribution < 1.29 is 22.9 Å². The maximum atomic E-state index is 10.8. The molecule has 1 rings (SSSR count). The molecule has 5 nitrogen and oxygen atoms in total. The van der Waals surface area contributed by atoms with Crippen LogP contribution in [0.15, 0.2) is 0 Å². The fourth-order valence-electron chi connectivity index (χ4n) is 1.54. The van der Waals surface area contributed by atoms with E-state index in [0.717, 1.165) is 0 Å². The summed E-state index contributed by atoms with van der Waals surface area (Å²) in [6.07, 6.45) is 2.68. The van der Waals surface area contributed by atoms with Gasteiger partial charge in [0, 0.05) is 0 Å². The van der Waals surface area contributed by atoms with Crippen LogP contribution in [0.2, 0.25) is 0 Å². The monoisotopic (exact) mass is 207 g/mol. The minimum atomic E-state index is -4.23. The lowest BCUT2D eigenvalue weighted by Gasteiger charge is -2.25. The van der Waals surface area contributed by atoms with Crippen LogP contribution in [-0.2, 0) is 14.9 Å². The molecule has 1 saturated carbocycles. The fraction of sp³-hybridized carbons (Fsp3) is 0.714. The van der Waals surface area contributed by atoms with Gasteiger partial charge < -0.3 is 5.11 Å². The van der Waals surface area contributed by atoms with Crippen molar-refractivity contribution in [2.75, 3.05) is 0 Å². The number of carboxylic acid groups (broad SMARTS) is 1. The molecule has 2 unspecified atom stereocenters. The minimum absolute atomic E-state index is 0.121. The molecule has 1 fully saturated rings. The van der Waals surface area contributed by atoms with E-state index in [1.54, 1.807) is 6.42 Å². The van der Waals surface area contributed by atoms with E-state index >= 15 is 0 Å². The molecule has 0 aliphatic heterocycles. The first-order valence-corrected chi connectivity index (χ1v) is 5.44. The molecular weight excluding hydrogens is 196 g/mol. The average molecular weight is 207 g/mol. The maximum absolute atomic E-state index is 10.8. The SMILES string of the molecule is O=C(O)C1CC[CH]CC1S(=O)(=O)O. The van der Waals surface area contributed by atoms with Gasteiger partial charge in [0.2, 0.25) is 0 Å². The Kier molecular flexibility index (Phi) is 2.92. The lowest BCUT2D eigenvalue weighted by molar-refractivity contribution is -0.142. The number of rotatable bonds is 2. The zero-order valence-electron chi connectivity index (χ0n) is 6.88. The van der Waals surface area contributed by atoms with Gasteiger partial charge in [-0.2, -0.15) is 8.42 Å². The summed E-state index contributed by atoms with van der Waals surface area (Å²) in [7, 11) is -4.23. The topological polar surface area (TPSA) is 91.7 Å². The predicted octanol–water partition coefficient (Wildman–Crippen LogP) is 0.332. The molecule has 75 valence electrons. The fourth-order valence-corrected chi connectivity index (χ4v) is 2.59. The van der Waals surface area contributed by atoms with Crippen LogP contribution in [0.25, 0.3) is 0 Å². The third-order valence-corrected chi connectivity index (χ3v) is 3.52. The van der Waals surface area contributed by atoms with Crippen molar-refractivity contribution >= 4 is 16.1 Å². The molecule has 0 saturated heterocycles. The van der Waals surface area contributed by atoms with Crippen molar-refractivity contribution in [3.05, 3.63) is 6.42 Å². The molecule has 6 heteroatoms. The summed E-state index contributed by atoms with van der Waals surface area (Å²) < 4.78 is 30.3. The zero-order chi connectivity index (χ0) is 10.1. The number of aliphatic carboxylic acids is 1. The van der Waals surface area contributed by atoms with Crippen molar-refractivity contribution in [2.24, 2.45) is 5.92 Å². The first-order valence-electron chi connectivity index (χ1n) is 3.93. The third-order valence-electron chi connectivity index (χ3n) is 2.23. The number of carboxylic acids is 1. The Morgan fingerprint density at radius 1 is 1.46 bits per heavy atom. The summed E-state index contributed by atoms with van der Waals surface area (Å²) in [5, 5.41) is 7.51. The maximum Gasteiger partial charge on any atom is 0.307 e. The van der Waals surface area contributed by atoms with E-state index in [-0.39, 0.29) is 12.8 Å². The average Bonchev–Trinajstić information content (AvgIpc) is 2.03. The van der Waals surface area contributed by atoms with Crippen LogP contribution in [-0.4, -0.2) is 29.3 Å². The highest BCUT2D eigenvalue weighted by Gasteiger charge is 2.38. The molecule has 0 amide bonds. The normalized spacial score (nSPS) is 29.9. The molecule has 0 spiro atoms. The molecule has 13 heavy (non-hydrogen) atoms. The van der Waals surface area contributed by atoms with Crippen LogP contribution < -0.4 is 0 Å². The van der Waals surface area contributed by atoms with Gasteiger partial charge in [-0.1, -0.05) is 0 Å². The van der Waals surface area contributed by atoms with Gasteiger partial charge in [0.25, 0.3) is 10.1 Å². The molecular formula is C7H11O5S. The van der Waals surface area contributed by atoms with E-state index in [9.17, 15) is 13.2 Å². The standard InChI is InChI=1S/C7H11O5S/c8-7(9)5-3-1-2-4-6(5)13(10,11)12/h2,5-6H,1,3-4H2,(H,8,9)(H,10,11,12). The van der Waals surface area contributed by atoms with Crippen LogP contribution in [0.4, 0.5) is 0 Å². The zero-order valence-corrected chi connectivity index (χ0v) is 7.70. The molecule has 0 aromatic carbocycles. The first-order chi connectivity index (χ1) is 5.93. The Labute approximate surface area is 76.5 Å². The highest BCUT2D eigenvalue weighted by molar-refractivity contribution is 7.86. The smallest absolute Gasteiger partial charge is 0.307 e. The lowest BCUT2D eigenvalue weighted by Crippen LogP contribution is -2.37. The minimum Gasteiger partial charge on any atom is -0.481 e. The molecule has 0 bridgehead atoms. The summed E-state index contributed by atoms with van der Waals surface area (Å²) in [6.45, 7) is 0. The van der Waals surface area contributed by atoms with Gasteiger partial charge >= 0.3 is 5.97 Å². The lowest BCUT2D eigenvalue weighted by atomic mass is 9.89. The van der Waals surface area contributed by atoms with E-state index in [1.807, 2.05) is 0 Å². The Morgan fingerprint density at radius 2 is 2.08 bits per heavy atom. The van der Waals surface area contributed by atoms with E-state index in [2.05, 4.69) is 0 Å². The van der Waals surface area contributed by atoms with E-state index < -0.39 is 27.3 Å². The highest BCUT2D eigenvalue weighted by Crippen LogP contribution is 2.28. The van der Waals surface area contributed by atoms with Gasteiger partial charge in [0.15, 0.2) is 0 Å². The second kappa shape index (κ2) is 3.63. The van der Waals surface area contributed by atoms with Gasteiger partial charge in [-0.25, -0.2) is 0 Å². The Balaban J connectivity index is 2.86. The van der Waals surface area contributed by atoms with E-state index in [4.69, 9.17) is 9.66 Å². The summed E-state index contributed by atoms with van der Waals surface area (Å²) in [4.78, 5) is 10.6. The van der Waals surface area contributed by atoms with Crippen LogP contribution in [0.5, 0.6) is 0 Å². The number of hydrogen-bond acceptors (Lipinski definition) is 3. The van der Waals surface area contributed by atoms with Crippen LogP contribution in [0, 0.1) is 12.3 Å². The second-order valence-electron chi connectivity index (χ2n) is 3.10. The van der Waals surface area contributed by atoms with Crippen LogP contribution in [0.1, 0.15) is 19.3 Å². The quantitative estimate of drug-likeness (QED) is 0.637. The Morgan fingerprint density at radius 3 is 2.46 bits per heavy atom. The van der Waals surface area contributed by atoms with Gasteiger partial charge in [-0.05, 0) is 25.7 Å². The van der Waals surface area contributed by atoms with Gasteiger partial charge in [-0.3, -0.25) is 9.35 Å². The van der Waals surface area contributed by atoms with Crippen molar-refractivity contribution in [3.63, 3.8) is 0 Å². The first kappa shape index (κ1) is 10.5. The summed E-state index contributed by atoms with van der Waals surface area (Å²) in [6, 6.07) is 0. The van der Waals surface area contributed by atoms with Gasteiger partial charge in [0.1, 0.15) is 0 Å². The molecule has 0 heterocycles. The van der Waals surface area contributed by atoms with Crippen LogP contribution in [0.3, 0.4) is 0 Å². The van der Waals surface area contributed by atoms with Gasteiger partial charge in [-0.15, -0.1) is 0 Å². The molecule has 2 N–H and O–H groups in total. The van der Waals surface area contributed by atoms with Crippen molar-refractivity contribution in [3.8, 4) is 0 Å². The van der Waals surface area contributed by atoms with E-state index in [0.29, 0.717) is 6.42 Å². The molecule has 1 aliphatic rings. The number of hydrogen-bond donors (Lipinski definition) is 2. The molecule has 0 aromatic heterocycles. The summed E-state index contributed by atoms with van der Waals surface area (Å²) in [5.41, 5.74) is 0. The largest absolute Gasteiger partial charge is 0.481 e. The Bertz CT molecular complexity index is 294.